The molecule has 0 atom stereocenters. The molecule has 0 saturated heterocycles. The van der Waals surface area contributed by atoms with E-state index in [1.807, 2.05) is 12.1 Å². The molecule has 0 saturated carbocycles. The minimum atomic E-state index is -0.982. The molecule has 0 spiro atoms. The van der Waals surface area contributed by atoms with E-state index in [0.717, 1.165) is 9.17 Å². The van der Waals surface area contributed by atoms with Crippen molar-refractivity contribution >= 4 is 43.5 Å². The summed E-state index contributed by atoms with van der Waals surface area (Å²) in [5.74, 6) is -0.982. The number of carboxylic acids is 1. The number of hydrogen-bond donors (Lipinski definition) is 1. The summed E-state index contributed by atoms with van der Waals surface area (Å²) < 4.78 is 5.61. The Morgan fingerprint density at radius 3 is 3.00 bits per heavy atom. The molecule has 1 aromatic carbocycles. The van der Waals surface area contributed by atoms with Gasteiger partial charge in [0.05, 0.1) is 4.70 Å². The molecule has 2 aromatic rings. The molecule has 0 radical (unpaired) electrons. The number of benzene rings is 1. The number of fused-ring (bicyclic) bond motifs is 1. The number of rotatable bonds is 1. The van der Waals surface area contributed by atoms with Gasteiger partial charge in [-0.15, -0.1) is 0 Å². The van der Waals surface area contributed by atoms with E-state index in [4.69, 9.17) is 5.11 Å². The molecule has 0 fully saturated rings. The summed E-state index contributed by atoms with van der Waals surface area (Å²) in [6.07, 6.45) is 0. The van der Waals surface area contributed by atoms with Crippen LogP contribution in [-0.4, -0.2) is 15.4 Å². The van der Waals surface area contributed by atoms with E-state index >= 15 is 0 Å². The Labute approximate surface area is 86.3 Å². The zero-order valence-electron chi connectivity index (χ0n) is 6.32. The summed E-state index contributed by atoms with van der Waals surface area (Å²) in [6.45, 7) is 0. The maximum atomic E-state index is 10.7. The van der Waals surface area contributed by atoms with Gasteiger partial charge in [0.2, 0.25) is 0 Å². The molecule has 0 aliphatic heterocycles. The maximum Gasteiger partial charge on any atom is 0.356 e. The van der Waals surface area contributed by atoms with Crippen LogP contribution in [0.15, 0.2) is 22.7 Å². The Hall–Kier alpha value is -0.940. The van der Waals surface area contributed by atoms with Crippen molar-refractivity contribution < 1.29 is 9.90 Å². The molecule has 0 unspecified atom stereocenters. The molecular weight excluding hydrogens is 254 g/mol. The van der Waals surface area contributed by atoms with Gasteiger partial charge in [-0.3, -0.25) is 0 Å². The SMILES string of the molecule is O=C(O)c1nsc2ccc(Br)cc12. The molecule has 0 amide bonds. The normalized spacial score (nSPS) is 10.5. The first-order chi connectivity index (χ1) is 6.18. The first-order valence-electron chi connectivity index (χ1n) is 3.47. The number of carbonyl (C=O) groups is 1. The van der Waals surface area contributed by atoms with Crippen molar-refractivity contribution in [1.82, 2.24) is 4.37 Å². The Morgan fingerprint density at radius 2 is 2.31 bits per heavy atom. The zero-order chi connectivity index (χ0) is 9.42. The van der Waals surface area contributed by atoms with E-state index in [2.05, 4.69) is 20.3 Å². The second-order valence-corrected chi connectivity index (χ2v) is 4.20. The maximum absolute atomic E-state index is 10.7. The van der Waals surface area contributed by atoms with Crippen molar-refractivity contribution in [2.24, 2.45) is 0 Å². The highest BCUT2D eigenvalue weighted by Gasteiger charge is 2.12. The Balaban J connectivity index is 2.79. The Bertz CT molecular complexity index is 480. The zero-order valence-corrected chi connectivity index (χ0v) is 8.72. The molecule has 0 aliphatic carbocycles. The van der Waals surface area contributed by atoms with Crippen LogP contribution in [0, 0.1) is 0 Å². The predicted octanol–water partition coefficient (Wildman–Crippen LogP) is 2.76. The van der Waals surface area contributed by atoms with Gasteiger partial charge in [-0.2, -0.15) is 4.37 Å². The summed E-state index contributed by atoms with van der Waals surface area (Å²) in [4.78, 5) is 10.7. The molecule has 1 N–H and O–H groups in total. The van der Waals surface area contributed by atoms with Crippen LogP contribution in [0.4, 0.5) is 0 Å². The smallest absolute Gasteiger partial charge is 0.356 e. The summed E-state index contributed by atoms with van der Waals surface area (Å²) >= 11 is 4.48. The van der Waals surface area contributed by atoms with E-state index in [1.54, 1.807) is 6.07 Å². The first kappa shape index (κ1) is 8.65. The quantitative estimate of drug-likeness (QED) is 0.855. The van der Waals surface area contributed by atoms with Crippen molar-refractivity contribution in [3.05, 3.63) is 28.4 Å². The van der Waals surface area contributed by atoms with Crippen molar-refractivity contribution in [3.63, 3.8) is 0 Å². The molecule has 0 bridgehead atoms. The second-order valence-electron chi connectivity index (χ2n) is 2.48. The van der Waals surface area contributed by atoms with Gasteiger partial charge < -0.3 is 5.11 Å². The van der Waals surface area contributed by atoms with Gasteiger partial charge in [-0.05, 0) is 29.7 Å². The molecule has 66 valence electrons. The molecule has 5 heteroatoms. The lowest BCUT2D eigenvalue weighted by Gasteiger charge is -1.91. The highest BCUT2D eigenvalue weighted by atomic mass is 79.9. The van der Waals surface area contributed by atoms with Gasteiger partial charge in [0, 0.05) is 9.86 Å². The third kappa shape index (κ3) is 1.45. The molecule has 0 aliphatic rings. The van der Waals surface area contributed by atoms with Crippen LogP contribution in [0.2, 0.25) is 0 Å². The Kier molecular flexibility index (Phi) is 2.05. The van der Waals surface area contributed by atoms with Gasteiger partial charge >= 0.3 is 5.97 Å². The van der Waals surface area contributed by atoms with Crippen molar-refractivity contribution in [2.45, 2.75) is 0 Å². The van der Waals surface area contributed by atoms with E-state index in [1.165, 1.54) is 11.5 Å². The highest BCUT2D eigenvalue weighted by molar-refractivity contribution is 9.10. The molecule has 1 aromatic heterocycles. The van der Waals surface area contributed by atoms with Gasteiger partial charge in [0.25, 0.3) is 0 Å². The summed E-state index contributed by atoms with van der Waals surface area (Å²) in [6, 6.07) is 5.48. The van der Waals surface area contributed by atoms with E-state index < -0.39 is 5.97 Å². The van der Waals surface area contributed by atoms with Crippen molar-refractivity contribution in [1.29, 1.82) is 0 Å². The predicted molar refractivity (Wildman–Crippen MR) is 54.3 cm³/mol. The second kappa shape index (κ2) is 3.08. The lowest BCUT2D eigenvalue weighted by atomic mass is 10.2. The van der Waals surface area contributed by atoms with E-state index in [-0.39, 0.29) is 5.69 Å². The lowest BCUT2D eigenvalue weighted by Crippen LogP contribution is -1.95. The average Bonchev–Trinajstić information content (AvgIpc) is 2.46. The topological polar surface area (TPSA) is 50.2 Å². The minimum Gasteiger partial charge on any atom is -0.476 e. The Morgan fingerprint density at radius 1 is 1.54 bits per heavy atom. The molecule has 2 rings (SSSR count). The lowest BCUT2D eigenvalue weighted by molar-refractivity contribution is 0.0694. The number of halogens is 1. The number of aromatic carboxylic acids is 1. The third-order valence-electron chi connectivity index (χ3n) is 1.63. The summed E-state index contributed by atoms with van der Waals surface area (Å²) in [5, 5.41) is 9.48. The molecule has 3 nitrogen and oxygen atoms in total. The van der Waals surface area contributed by atoms with Crippen LogP contribution in [-0.2, 0) is 0 Å². The third-order valence-corrected chi connectivity index (χ3v) is 2.95. The number of hydrogen-bond acceptors (Lipinski definition) is 3. The van der Waals surface area contributed by atoms with Gasteiger partial charge in [0.15, 0.2) is 5.69 Å². The monoisotopic (exact) mass is 257 g/mol. The fourth-order valence-corrected chi connectivity index (χ4v) is 2.18. The number of aromatic nitrogens is 1. The number of nitrogens with zero attached hydrogens (tertiary/aromatic N) is 1. The standard InChI is InChI=1S/C8H4BrNO2S/c9-4-1-2-6-5(3-4)7(8(11)12)10-13-6/h1-3H,(H,11,12). The first-order valence-corrected chi connectivity index (χ1v) is 5.03. The van der Waals surface area contributed by atoms with Crippen molar-refractivity contribution in [2.75, 3.05) is 0 Å². The van der Waals surface area contributed by atoms with E-state index in [0.29, 0.717) is 5.39 Å². The van der Waals surface area contributed by atoms with Crippen molar-refractivity contribution in [3.8, 4) is 0 Å². The summed E-state index contributed by atoms with van der Waals surface area (Å²) in [5.41, 5.74) is 0.126. The minimum absolute atomic E-state index is 0.126. The molecular formula is C8H4BrNO2S. The van der Waals surface area contributed by atoms with Gasteiger partial charge in [-0.1, -0.05) is 15.9 Å². The fourth-order valence-electron chi connectivity index (χ4n) is 1.07. The van der Waals surface area contributed by atoms with Crippen LogP contribution >= 0.6 is 27.5 Å². The molecule has 13 heavy (non-hydrogen) atoms. The van der Waals surface area contributed by atoms with E-state index in [9.17, 15) is 4.79 Å². The van der Waals surface area contributed by atoms with Crippen LogP contribution in [0.3, 0.4) is 0 Å². The molecule has 1 heterocycles. The fraction of sp³-hybridized carbons (Fsp3) is 0. The summed E-state index contributed by atoms with van der Waals surface area (Å²) in [7, 11) is 0. The van der Waals surface area contributed by atoms with Gasteiger partial charge in [-0.25, -0.2) is 4.79 Å². The largest absolute Gasteiger partial charge is 0.476 e. The highest BCUT2D eigenvalue weighted by Crippen LogP contribution is 2.25. The van der Waals surface area contributed by atoms with Crippen LogP contribution in [0.5, 0.6) is 0 Å². The number of carboxylic acid groups (broad SMARTS) is 1. The van der Waals surface area contributed by atoms with Crippen LogP contribution in [0.1, 0.15) is 10.5 Å². The van der Waals surface area contributed by atoms with Crippen LogP contribution in [0.25, 0.3) is 10.1 Å². The van der Waals surface area contributed by atoms with Crippen LogP contribution < -0.4 is 0 Å². The average molecular weight is 258 g/mol. The van der Waals surface area contributed by atoms with Gasteiger partial charge in [0.1, 0.15) is 0 Å².